The van der Waals surface area contributed by atoms with Gasteiger partial charge in [0.25, 0.3) is 5.56 Å². The molecule has 0 radical (unpaired) electrons. The number of nitrogens with one attached hydrogen (secondary N) is 2. The number of rotatable bonds is 3. The number of carbonyl (C=O) groups is 1. The van der Waals surface area contributed by atoms with E-state index >= 15 is 0 Å². The maximum atomic E-state index is 14.0. The van der Waals surface area contributed by atoms with Crippen molar-refractivity contribution < 1.29 is 9.18 Å². The van der Waals surface area contributed by atoms with Gasteiger partial charge < -0.3 is 10.3 Å². The molecular formula is C18H14FN3O2S. The minimum Gasteiger partial charge on any atom is -0.331 e. The number of nitrogens with zero attached hydrogens (tertiary/aromatic N) is 1. The molecule has 7 heteroatoms. The number of halogens is 1. The number of fused-ring (bicyclic) bond motifs is 1. The molecule has 5 nitrogen and oxygen atoms in total. The van der Waals surface area contributed by atoms with Crippen molar-refractivity contribution in [1.82, 2.24) is 9.55 Å². The number of aromatic nitrogens is 2. The van der Waals surface area contributed by atoms with Gasteiger partial charge in [-0.25, -0.2) is 4.39 Å². The Balaban J connectivity index is 1.84. The number of para-hydroxylation sites is 1. The number of benzene rings is 2. The molecule has 1 aromatic heterocycles. The molecule has 0 spiro atoms. The first-order valence-electron chi connectivity index (χ1n) is 7.89. The van der Waals surface area contributed by atoms with E-state index in [9.17, 15) is 14.0 Å². The third-order valence-corrected chi connectivity index (χ3v) is 4.50. The van der Waals surface area contributed by atoms with Crippen LogP contribution < -0.4 is 10.9 Å². The molecule has 0 unspecified atom stereocenters. The zero-order chi connectivity index (χ0) is 17.6. The predicted octanol–water partition coefficient (Wildman–Crippen LogP) is 3.54. The molecule has 1 fully saturated rings. The lowest BCUT2D eigenvalue weighted by atomic mass is 10.2. The van der Waals surface area contributed by atoms with Crippen LogP contribution >= 0.6 is 12.2 Å². The topological polar surface area (TPSA) is 66.9 Å². The fourth-order valence-electron chi connectivity index (χ4n) is 2.73. The summed E-state index contributed by atoms with van der Waals surface area (Å²) in [6.07, 6.45) is 1.64. The van der Waals surface area contributed by atoms with Crippen molar-refractivity contribution in [2.24, 2.45) is 5.92 Å². The van der Waals surface area contributed by atoms with E-state index in [2.05, 4.69) is 10.3 Å². The first-order chi connectivity index (χ1) is 12.0. The van der Waals surface area contributed by atoms with E-state index in [1.807, 2.05) is 0 Å². The van der Waals surface area contributed by atoms with Crippen LogP contribution in [0.4, 0.5) is 10.1 Å². The second kappa shape index (κ2) is 5.93. The molecule has 1 amide bonds. The van der Waals surface area contributed by atoms with Crippen LogP contribution in [0.25, 0.3) is 16.6 Å². The summed E-state index contributed by atoms with van der Waals surface area (Å²) in [6.45, 7) is 0. The van der Waals surface area contributed by atoms with Crippen LogP contribution in [0.2, 0.25) is 0 Å². The predicted molar refractivity (Wildman–Crippen MR) is 96.0 cm³/mol. The van der Waals surface area contributed by atoms with E-state index in [-0.39, 0.29) is 27.8 Å². The highest BCUT2D eigenvalue weighted by Crippen LogP contribution is 2.31. The summed E-state index contributed by atoms with van der Waals surface area (Å²) in [4.78, 5) is 27.7. The molecule has 126 valence electrons. The second-order valence-corrected chi connectivity index (χ2v) is 6.43. The molecule has 0 aliphatic heterocycles. The first-order valence-corrected chi connectivity index (χ1v) is 8.30. The van der Waals surface area contributed by atoms with Gasteiger partial charge in [0.15, 0.2) is 4.77 Å². The maximum absolute atomic E-state index is 14.0. The van der Waals surface area contributed by atoms with Crippen molar-refractivity contribution in [2.45, 2.75) is 12.8 Å². The molecule has 25 heavy (non-hydrogen) atoms. The van der Waals surface area contributed by atoms with Crippen LogP contribution in [0.15, 0.2) is 47.3 Å². The Morgan fingerprint density at radius 1 is 1.24 bits per heavy atom. The van der Waals surface area contributed by atoms with Crippen molar-refractivity contribution >= 4 is 34.7 Å². The molecule has 0 atom stereocenters. The Morgan fingerprint density at radius 2 is 2.00 bits per heavy atom. The average Bonchev–Trinajstić information content (AvgIpc) is 3.43. The number of hydrogen-bond acceptors (Lipinski definition) is 3. The number of amides is 1. The van der Waals surface area contributed by atoms with Crippen molar-refractivity contribution in [3.63, 3.8) is 0 Å². The highest BCUT2D eigenvalue weighted by molar-refractivity contribution is 7.71. The van der Waals surface area contributed by atoms with Gasteiger partial charge in [0.1, 0.15) is 5.82 Å². The number of hydrogen-bond donors (Lipinski definition) is 2. The summed E-state index contributed by atoms with van der Waals surface area (Å²) in [5.74, 6) is -0.803. The van der Waals surface area contributed by atoms with Gasteiger partial charge >= 0.3 is 0 Å². The van der Waals surface area contributed by atoms with Crippen LogP contribution in [-0.4, -0.2) is 15.5 Å². The van der Waals surface area contributed by atoms with Gasteiger partial charge in [-0.15, -0.1) is 0 Å². The maximum Gasteiger partial charge on any atom is 0.266 e. The van der Waals surface area contributed by atoms with Crippen LogP contribution in [-0.2, 0) is 4.79 Å². The molecule has 1 heterocycles. The number of H-pyrrole nitrogens is 1. The van der Waals surface area contributed by atoms with Crippen molar-refractivity contribution in [2.75, 3.05) is 5.32 Å². The Bertz CT molecular complexity index is 1120. The molecular weight excluding hydrogens is 341 g/mol. The molecule has 0 bridgehead atoms. The van der Waals surface area contributed by atoms with Gasteiger partial charge in [0.2, 0.25) is 5.91 Å². The van der Waals surface area contributed by atoms with Crippen LogP contribution in [0, 0.1) is 16.5 Å². The summed E-state index contributed by atoms with van der Waals surface area (Å²) in [6, 6.07) is 11.1. The Kier molecular flexibility index (Phi) is 3.73. The van der Waals surface area contributed by atoms with Gasteiger partial charge in [0, 0.05) is 5.92 Å². The molecule has 2 N–H and O–H groups in total. The standard InChI is InChI=1S/C18H14FN3O2S/c19-13-8-7-11(9-15(13)20-16(23)10-5-6-10)22-17(24)12-3-1-2-4-14(12)21-18(22)25/h1-4,7-10H,5-6H2,(H,20,23)(H,21,25). The van der Waals surface area contributed by atoms with E-state index < -0.39 is 5.82 Å². The zero-order valence-corrected chi connectivity index (χ0v) is 13.9. The lowest BCUT2D eigenvalue weighted by molar-refractivity contribution is -0.117. The summed E-state index contributed by atoms with van der Waals surface area (Å²) < 4.78 is 15.5. The first kappa shape index (κ1) is 15.7. The van der Waals surface area contributed by atoms with Gasteiger partial charge in [0.05, 0.1) is 22.3 Å². The molecule has 2 aromatic carbocycles. The summed E-state index contributed by atoms with van der Waals surface area (Å²) >= 11 is 5.29. The van der Waals surface area contributed by atoms with E-state index in [1.54, 1.807) is 24.3 Å². The Labute approximate surface area is 147 Å². The number of anilines is 1. The smallest absolute Gasteiger partial charge is 0.266 e. The zero-order valence-electron chi connectivity index (χ0n) is 13.1. The molecule has 1 aliphatic carbocycles. The second-order valence-electron chi connectivity index (χ2n) is 6.04. The van der Waals surface area contributed by atoms with Gasteiger partial charge in [-0.2, -0.15) is 0 Å². The van der Waals surface area contributed by atoms with Crippen molar-refractivity contribution in [1.29, 1.82) is 0 Å². The highest BCUT2D eigenvalue weighted by Gasteiger charge is 2.30. The monoisotopic (exact) mass is 355 g/mol. The summed E-state index contributed by atoms with van der Waals surface area (Å²) in [7, 11) is 0. The van der Waals surface area contributed by atoms with Crippen molar-refractivity contribution in [3.05, 3.63) is 63.4 Å². The largest absolute Gasteiger partial charge is 0.331 e. The van der Waals surface area contributed by atoms with E-state index in [0.717, 1.165) is 12.8 Å². The average molecular weight is 355 g/mol. The molecule has 3 aromatic rings. The molecule has 1 aliphatic rings. The number of carbonyl (C=O) groups excluding carboxylic acids is 1. The summed E-state index contributed by atoms with van der Waals surface area (Å²) in [5, 5.41) is 3.06. The van der Waals surface area contributed by atoms with E-state index in [4.69, 9.17) is 12.2 Å². The van der Waals surface area contributed by atoms with Gasteiger partial charge in [-0.3, -0.25) is 14.2 Å². The van der Waals surface area contributed by atoms with E-state index in [0.29, 0.717) is 16.6 Å². The van der Waals surface area contributed by atoms with Gasteiger partial charge in [-0.1, -0.05) is 12.1 Å². The van der Waals surface area contributed by atoms with Crippen LogP contribution in [0.5, 0.6) is 0 Å². The van der Waals surface area contributed by atoms with Crippen molar-refractivity contribution in [3.8, 4) is 5.69 Å². The van der Waals surface area contributed by atoms with E-state index in [1.165, 1.54) is 22.8 Å². The quantitative estimate of drug-likeness (QED) is 0.706. The lowest BCUT2D eigenvalue weighted by Gasteiger charge is -2.11. The Hall–Kier alpha value is -2.80. The normalized spacial score (nSPS) is 13.8. The highest BCUT2D eigenvalue weighted by atomic mass is 32.1. The minimum atomic E-state index is -0.554. The van der Waals surface area contributed by atoms with Crippen LogP contribution in [0.3, 0.4) is 0 Å². The minimum absolute atomic E-state index is 0.0452. The fraction of sp³-hybridized carbons (Fsp3) is 0.167. The third-order valence-electron chi connectivity index (χ3n) is 4.22. The number of aromatic amines is 1. The summed E-state index contributed by atoms with van der Waals surface area (Å²) in [5.41, 5.74) is 0.775. The SMILES string of the molecule is O=C(Nc1cc(-n2c(=S)[nH]c3ccccc3c2=O)ccc1F)C1CC1. The molecule has 4 rings (SSSR count). The van der Waals surface area contributed by atoms with Crippen LogP contribution in [0.1, 0.15) is 12.8 Å². The fourth-order valence-corrected chi connectivity index (χ4v) is 3.02. The lowest BCUT2D eigenvalue weighted by Crippen LogP contribution is -2.21. The molecule has 1 saturated carbocycles. The Morgan fingerprint density at radius 3 is 2.76 bits per heavy atom. The third kappa shape index (κ3) is 2.87. The molecule has 0 saturated heterocycles. The van der Waals surface area contributed by atoms with Gasteiger partial charge in [-0.05, 0) is 55.4 Å².